The largest absolute Gasteiger partial charge is 0.496 e. The topological polar surface area (TPSA) is 116 Å². The summed E-state index contributed by atoms with van der Waals surface area (Å²) >= 11 is 0. The monoisotopic (exact) mass is 476 g/mol. The molecule has 0 bridgehead atoms. The zero-order valence-corrected chi connectivity index (χ0v) is 19.8. The Morgan fingerprint density at radius 2 is 1.68 bits per heavy atom. The van der Waals surface area contributed by atoms with E-state index in [0.717, 1.165) is 33.4 Å². The van der Waals surface area contributed by atoms with Crippen molar-refractivity contribution in [1.82, 2.24) is 9.99 Å². The lowest BCUT2D eigenvalue weighted by Crippen LogP contribution is -2.18. The molecule has 4 rings (SSSR count). The Kier molecular flexibility index (Phi) is 6.23. The van der Waals surface area contributed by atoms with Gasteiger partial charge in [0.15, 0.2) is 0 Å². The fourth-order valence-electron chi connectivity index (χ4n) is 3.89. The number of nitrogens with one attached hydrogen (secondary N) is 1. The molecule has 1 heterocycles. The van der Waals surface area contributed by atoms with E-state index in [4.69, 9.17) is 9.88 Å². The Hall–Kier alpha value is -3.95. The molecule has 0 unspecified atom stereocenters. The fraction of sp³-hybridized carbons (Fsp3) is 0.120. The molecule has 0 aliphatic heterocycles. The lowest BCUT2D eigenvalue weighted by molar-refractivity contribution is 0.0952. The number of ether oxygens (including phenoxy) is 1. The van der Waals surface area contributed by atoms with Crippen molar-refractivity contribution in [3.8, 4) is 11.4 Å². The minimum atomic E-state index is -3.76. The average Bonchev–Trinajstić information content (AvgIpc) is 3.10. The molecule has 0 spiro atoms. The lowest BCUT2D eigenvalue weighted by atomic mass is 10.1. The van der Waals surface area contributed by atoms with Gasteiger partial charge in [-0.05, 0) is 67.1 Å². The molecule has 1 aromatic heterocycles. The van der Waals surface area contributed by atoms with Crippen LogP contribution in [-0.2, 0) is 10.0 Å². The van der Waals surface area contributed by atoms with E-state index in [1.165, 1.54) is 19.2 Å². The Balaban J connectivity index is 1.56. The molecule has 0 saturated carbocycles. The third kappa shape index (κ3) is 4.57. The molecule has 0 atom stereocenters. The van der Waals surface area contributed by atoms with Crippen molar-refractivity contribution in [2.75, 3.05) is 7.11 Å². The predicted octanol–water partition coefficient (Wildman–Crippen LogP) is 3.67. The van der Waals surface area contributed by atoms with Gasteiger partial charge in [-0.3, -0.25) is 4.79 Å². The molecule has 34 heavy (non-hydrogen) atoms. The van der Waals surface area contributed by atoms with Gasteiger partial charge in [0.05, 0.1) is 23.8 Å². The molecule has 4 aromatic rings. The molecule has 3 aromatic carbocycles. The second-order valence-electron chi connectivity index (χ2n) is 7.80. The number of amides is 1. The number of primary sulfonamides is 1. The van der Waals surface area contributed by atoms with Crippen LogP contribution < -0.4 is 15.3 Å². The summed E-state index contributed by atoms with van der Waals surface area (Å²) in [7, 11) is -2.23. The molecule has 8 nitrogen and oxygen atoms in total. The maximum absolute atomic E-state index is 12.8. The van der Waals surface area contributed by atoms with E-state index in [-0.39, 0.29) is 10.8 Å². The summed E-state index contributed by atoms with van der Waals surface area (Å²) in [5.41, 5.74) is 6.34. The number of hydrogen-bond donors (Lipinski definition) is 2. The smallest absolute Gasteiger partial charge is 0.275 e. The summed E-state index contributed by atoms with van der Waals surface area (Å²) in [5.74, 6) is 0.0822. The van der Waals surface area contributed by atoms with Crippen molar-refractivity contribution < 1.29 is 17.9 Å². The molecule has 0 aliphatic rings. The first kappa shape index (κ1) is 23.2. The van der Waals surface area contributed by atoms with E-state index in [1.54, 1.807) is 24.4 Å². The summed E-state index contributed by atoms with van der Waals surface area (Å²) in [6.07, 6.45) is 1.57. The fourth-order valence-corrected chi connectivity index (χ4v) is 4.40. The molecule has 1 amide bonds. The van der Waals surface area contributed by atoms with Gasteiger partial charge in [-0.1, -0.05) is 24.3 Å². The van der Waals surface area contributed by atoms with Gasteiger partial charge in [0.25, 0.3) is 5.91 Å². The number of aromatic nitrogens is 1. The number of sulfonamides is 1. The van der Waals surface area contributed by atoms with Gasteiger partial charge in [0, 0.05) is 22.6 Å². The number of benzene rings is 3. The molecule has 0 radical (unpaired) electrons. The van der Waals surface area contributed by atoms with Gasteiger partial charge in [-0.15, -0.1) is 0 Å². The van der Waals surface area contributed by atoms with Crippen molar-refractivity contribution >= 4 is 32.9 Å². The average molecular weight is 477 g/mol. The Morgan fingerprint density at radius 3 is 2.29 bits per heavy atom. The van der Waals surface area contributed by atoms with Gasteiger partial charge >= 0.3 is 0 Å². The van der Waals surface area contributed by atoms with Crippen LogP contribution in [0.15, 0.2) is 76.7 Å². The maximum atomic E-state index is 12.8. The van der Waals surface area contributed by atoms with E-state index >= 15 is 0 Å². The predicted molar refractivity (Wildman–Crippen MR) is 132 cm³/mol. The summed E-state index contributed by atoms with van der Waals surface area (Å²) in [5, 5.41) is 11.2. The van der Waals surface area contributed by atoms with Crippen LogP contribution in [-0.4, -0.2) is 32.2 Å². The first-order chi connectivity index (χ1) is 16.2. The molecule has 174 valence electrons. The number of carbonyl (C=O) groups is 1. The Labute approximate surface area is 197 Å². The number of hydrazone groups is 1. The number of rotatable bonds is 6. The quantitative estimate of drug-likeness (QED) is 0.326. The first-order valence-corrected chi connectivity index (χ1v) is 12.0. The number of methoxy groups -OCH3 is 1. The summed E-state index contributed by atoms with van der Waals surface area (Å²) in [4.78, 5) is 12.8. The Morgan fingerprint density at radius 1 is 1.03 bits per heavy atom. The second kappa shape index (κ2) is 9.12. The van der Waals surface area contributed by atoms with E-state index < -0.39 is 10.0 Å². The summed E-state index contributed by atoms with van der Waals surface area (Å²) in [6.45, 7) is 3.84. The highest BCUT2D eigenvalue weighted by Crippen LogP contribution is 2.26. The maximum Gasteiger partial charge on any atom is 0.275 e. The number of carbonyl (C=O) groups excluding carboxylic acids is 1. The number of hydrogen-bond acceptors (Lipinski definition) is 5. The minimum Gasteiger partial charge on any atom is -0.496 e. The highest BCUT2D eigenvalue weighted by Gasteiger charge is 2.14. The molecule has 0 fully saturated rings. The van der Waals surface area contributed by atoms with Crippen LogP contribution in [0.25, 0.3) is 16.5 Å². The van der Waals surface area contributed by atoms with Gasteiger partial charge in [0.2, 0.25) is 10.0 Å². The van der Waals surface area contributed by atoms with Crippen LogP contribution in [0.4, 0.5) is 0 Å². The van der Waals surface area contributed by atoms with Gasteiger partial charge in [-0.2, -0.15) is 5.10 Å². The highest BCUT2D eigenvalue weighted by molar-refractivity contribution is 7.89. The Bertz CT molecular complexity index is 1520. The van der Waals surface area contributed by atoms with Crippen molar-refractivity contribution in [3.05, 3.63) is 89.2 Å². The third-order valence-electron chi connectivity index (χ3n) is 5.58. The van der Waals surface area contributed by atoms with Crippen LogP contribution in [0, 0.1) is 13.8 Å². The normalized spacial score (nSPS) is 11.8. The second-order valence-corrected chi connectivity index (χ2v) is 9.36. The standard InChI is InChI=1S/C25H24N4O4S/c1-16-12-20(17(2)29(16)21-8-10-22(11-9-21)34(26,31)32)15-27-28-25(30)23-13-18-6-4-5-7-19(18)14-24(23)33-3/h4-15H,1-3H3,(H,28,30)(H2,26,31,32)/b27-15-. The van der Waals surface area contributed by atoms with Crippen LogP contribution in [0.3, 0.4) is 0 Å². The van der Waals surface area contributed by atoms with E-state index in [1.807, 2.05) is 54.8 Å². The van der Waals surface area contributed by atoms with Crippen LogP contribution in [0.5, 0.6) is 5.75 Å². The van der Waals surface area contributed by atoms with E-state index in [2.05, 4.69) is 10.5 Å². The molecular weight excluding hydrogens is 452 g/mol. The van der Waals surface area contributed by atoms with Crippen LogP contribution in [0.2, 0.25) is 0 Å². The molecule has 3 N–H and O–H groups in total. The number of fused-ring (bicyclic) bond motifs is 1. The highest BCUT2D eigenvalue weighted by atomic mass is 32.2. The van der Waals surface area contributed by atoms with Crippen molar-refractivity contribution in [2.24, 2.45) is 10.2 Å². The zero-order valence-electron chi connectivity index (χ0n) is 18.9. The summed E-state index contributed by atoms with van der Waals surface area (Å²) in [6, 6.07) is 19.6. The molecule has 0 saturated heterocycles. The van der Waals surface area contributed by atoms with Crippen molar-refractivity contribution in [1.29, 1.82) is 0 Å². The zero-order chi connectivity index (χ0) is 24.5. The summed E-state index contributed by atoms with van der Waals surface area (Å²) < 4.78 is 30.4. The van der Waals surface area contributed by atoms with Gasteiger partial charge < -0.3 is 9.30 Å². The third-order valence-corrected chi connectivity index (χ3v) is 6.51. The van der Waals surface area contributed by atoms with Crippen molar-refractivity contribution in [3.63, 3.8) is 0 Å². The van der Waals surface area contributed by atoms with Gasteiger partial charge in [-0.25, -0.2) is 19.0 Å². The van der Waals surface area contributed by atoms with Crippen molar-refractivity contribution in [2.45, 2.75) is 18.7 Å². The molecular formula is C25H24N4O4S. The molecule has 0 aliphatic carbocycles. The van der Waals surface area contributed by atoms with E-state index in [0.29, 0.717) is 11.3 Å². The van der Waals surface area contributed by atoms with E-state index in [9.17, 15) is 13.2 Å². The first-order valence-electron chi connectivity index (χ1n) is 10.4. The SMILES string of the molecule is COc1cc2ccccc2cc1C(=O)N/N=C\c1cc(C)n(-c2ccc(S(N)(=O)=O)cc2)c1C. The number of nitrogens with two attached hydrogens (primary N) is 1. The van der Waals surface area contributed by atoms with Crippen LogP contribution in [0.1, 0.15) is 27.3 Å². The number of aryl methyl sites for hydroxylation is 1. The van der Waals surface area contributed by atoms with Crippen LogP contribution >= 0.6 is 0 Å². The van der Waals surface area contributed by atoms with Gasteiger partial charge in [0.1, 0.15) is 5.75 Å². The number of nitrogens with zero attached hydrogens (tertiary/aromatic N) is 2. The molecule has 9 heteroatoms. The lowest BCUT2D eigenvalue weighted by Gasteiger charge is -2.10. The minimum absolute atomic E-state index is 0.0485.